The molecule has 2 nitrogen and oxygen atoms in total. The molecule has 1 fully saturated rings. The van der Waals surface area contributed by atoms with Gasteiger partial charge in [-0.15, -0.1) is 11.3 Å². The molecule has 0 unspecified atom stereocenters. The fourth-order valence-electron chi connectivity index (χ4n) is 2.53. The van der Waals surface area contributed by atoms with Crippen molar-refractivity contribution in [2.75, 3.05) is 6.54 Å². The molecule has 2 rings (SSSR count). The van der Waals surface area contributed by atoms with Gasteiger partial charge in [-0.05, 0) is 31.6 Å². The Hall–Kier alpha value is -0.410. The van der Waals surface area contributed by atoms with Crippen LogP contribution in [-0.4, -0.2) is 17.6 Å². The highest BCUT2D eigenvalue weighted by molar-refractivity contribution is 7.09. The first-order valence-corrected chi connectivity index (χ1v) is 7.38. The minimum Gasteiger partial charge on any atom is -0.314 e. The van der Waals surface area contributed by atoms with Gasteiger partial charge >= 0.3 is 0 Å². The summed E-state index contributed by atoms with van der Waals surface area (Å²) in [5.41, 5.74) is 0. The maximum absolute atomic E-state index is 4.30. The topological polar surface area (TPSA) is 24.9 Å². The highest BCUT2D eigenvalue weighted by atomic mass is 32.1. The predicted octanol–water partition coefficient (Wildman–Crippen LogP) is 3.24. The molecule has 1 aliphatic rings. The Morgan fingerprint density at radius 1 is 1.38 bits per heavy atom. The maximum Gasteiger partial charge on any atom is 0.0937 e. The molecule has 1 N–H and O–H groups in total. The third kappa shape index (κ3) is 3.56. The van der Waals surface area contributed by atoms with E-state index in [2.05, 4.69) is 22.6 Å². The number of hydrogen-bond acceptors (Lipinski definition) is 3. The molecule has 3 heteroatoms. The highest BCUT2D eigenvalue weighted by Crippen LogP contribution is 2.26. The summed E-state index contributed by atoms with van der Waals surface area (Å²) in [5.74, 6) is 0.997. The Morgan fingerprint density at radius 3 is 2.81 bits per heavy atom. The predicted molar refractivity (Wildman–Crippen MR) is 69.9 cm³/mol. The average molecular weight is 238 g/mol. The van der Waals surface area contributed by atoms with Crippen molar-refractivity contribution < 1.29 is 0 Å². The average Bonchev–Trinajstić information content (AvgIpc) is 2.83. The number of nitrogens with zero attached hydrogens (tertiary/aromatic N) is 1. The molecule has 0 saturated heterocycles. The van der Waals surface area contributed by atoms with Gasteiger partial charge in [0.05, 0.1) is 5.01 Å². The zero-order valence-corrected chi connectivity index (χ0v) is 10.9. The van der Waals surface area contributed by atoms with Gasteiger partial charge in [0.25, 0.3) is 0 Å². The minimum absolute atomic E-state index is 0.766. The van der Waals surface area contributed by atoms with E-state index >= 15 is 0 Å². The molecule has 0 amide bonds. The Morgan fingerprint density at radius 2 is 2.19 bits per heavy atom. The Bertz CT molecular complexity index is 276. The van der Waals surface area contributed by atoms with Crippen LogP contribution >= 0.6 is 11.3 Å². The largest absolute Gasteiger partial charge is 0.314 e. The standard InChI is InChI=1S/C13H22N2S/c1-2-11-3-5-12(6-4-11)14-8-7-13-15-9-10-16-13/h9-12,14H,2-8H2,1H3. The zero-order chi connectivity index (χ0) is 11.2. The van der Waals surface area contributed by atoms with Gasteiger partial charge in [-0.3, -0.25) is 0 Å². The van der Waals surface area contributed by atoms with Crippen molar-refractivity contribution in [3.8, 4) is 0 Å². The first-order valence-electron chi connectivity index (χ1n) is 6.50. The number of rotatable bonds is 5. The molecule has 0 bridgehead atoms. The van der Waals surface area contributed by atoms with Crippen LogP contribution in [-0.2, 0) is 6.42 Å². The molecule has 0 aromatic carbocycles. The summed E-state index contributed by atoms with van der Waals surface area (Å²) in [6.07, 6.45) is 9.94. The van der Waals surface area contributed by atoms with E-state index in [-0.39, 0.29) is 0 Å². The molecule has 90 valence electrons. The molecule has 0 aliphatic heterocycles. The SMILES string of the molecule is CCC1CCC(NCCc2nccs2)CC1. The molecule has 1 heterocycles. The third-order valence-electron chi connectivity index (χ3n) is 3.68. The monoisotopic (exact) mass is 238 g/mol. The van der Waals surface area contributed by atoms with Crippen LogP contribution in [0, 0.1) is 5.92 Å². The van der Waals surface area contributed by atoms with Gasteiger partial charge in [0.1, 0.15) is 0 Å². The van der Waals surface area contributed by atoms with E-state index in [4.69, 9.17) is 0 Å². The lowest BCUT2D eigenvalue weighted by Gasteiger charge is -2.28. The van der Waals surface area contributed by atoms with Crippen molar-refractivity contribution in [3.63, 3.8) is 0 Å². The van der Waals surface area contributed by atoms with Gasteiger partial charge in [-0.1, -0.05) is 13.3 Å². The van der Waals surface area contributed by atoms with E-state index in [1.54, 1.807) is 11.3 Å². The molecular formula is C13H22N2S. The van der Waals surface area contributed by atoms with Crippen LogP contribution in [0.2, 0.25) is 0 Å². The summed E-state index contributed by atoms with van der Waals surface area (Å²) < 4.78 is 0. The van der Waals surface area contributed by atoms with Crippen molar-refractivity contribution in [3.05, 3.63) is 16.6 Å². The summed E-state index contributed by atoms with van der Waals surface area (Å²) in [5, 5.41) is 6.99. The highest BCUT2D eigenvalue weighted by Gasteiger charge is 2.18. The van der Waals surface area contributed by atoms with E-state index < -0.39 is 0 Å². The fourth-order valence-corrected chi connectivity index (χ4v) is 3.15. The van der Waals surface area contributed by atoms with Crippen LogP contribution in [0.25, 0.3) is 0 Å². The lowest BCUT2D eigenvalue weighted by Crippen LogP contribution is -2.34. The maximum atomic E-state index is 4.30. The minimum atomic E-state index is 0.766. The first-order chi connectivity index (χ1) is 7.88. The van der Waals surface area contributed by atoms with Gasteiger partial charge in [-0.25, -0.2) is 4.98 Å². The van der Waals surface area contributed by atoms with Crippen LogP contribution in [0.5, 0.6) is 0 Å². The lowest BCUT2D eigenvalue weighted by molar-refractivity contribution is 0.287. The van der Waals surface area contributed by atoms with Crippen LogP contribution in [0.4, 0.5) is 0 Å². The number of hydrogen-bond donors (Lipinski definition) is 1. The van der Waals surface area contributed by atoms with Crippen molar-refractivity contribution in [2.24, 2.45) is 5.92 Å². The van der Waals surface area contributed by atoms with Gasteiger partial charge in [0.2, 0.25) is 0 Å². The molecule has 0 radical (unpaired) electrons. The van der Waals surface area contributed by atoms with Crippen LogP contribution in [0.15, 0.2) is 11.6 Å². The molecular weight excluding hydrogens is 216 g/mol. The number of nitrogens with one attached hydrogen (secondary N) is 1. The quantitative estimate of drug-likeness (QED) is 0.852. The van der Waals surface area contributed by atoms with Gasteiger partial charge in [0.15, 0.2) is 0 Å². The van der Waals surface area contributed by atoms with Gasteiger partial charge in [-0.2, -0.15) is 0 Å². The summed E-state index contributed by atoms with van der Waals surface area (Å²) in [4.78, 5) is 4.30. The van der Waals surface area contributed by atoms with Crippen molar-refractivity contribution in [1.29, 1.82) is 0 Å². The molecule has 0 spiro atoms. The van der Waals surface area contributed by atoms with Gasteiger partial charge < -0.3 is 5.32 Å². The van der Waals surface area contributed by atoms with E-state index in [9.17, 15) is 0 Å². The smallest absolute Gasteiger partial charge is 0.0937 e. The summed E-state index contributed by atoms with van der Waals surface area (Å²) >= 11 is 1.76. The molecule has 16 heavy (non-hydrogen) atoms. The normalized spacial score (nSPS) is 25.8. The lowest BCUT2D eigenvalue weighted by atomic mass is 9.84. The van der Waals surface area contributed by atoms with Crippen LogP contribution in [0.1, 0.15) is 44.0 Å². The van der Waals surface area contributed by atoms with E-state index in [1.807, 2.05) is 6.20 Å². The molecule has 0 atom stereocenters. The van der Waals surface area contributed by atoms with E-state index in [0.29, 0.717) is 0 Å². The van der Waals surface area contributed by atoms with Crippen molar-refractivity contribution in [2.45, 2.75) is 51.5 Å². The molecule has 1 aromatic heterocycles. The van der Waals surface area contributed by atoms with Crippen LogP contribution < -0.4 is 5.32 Å². The van der Waals surface area contributed by atoms with E-state index in [1.165, 1.54) is 37.1 Å². The second-order valence-electron chi connectivity index (χ2n) is 4.76. The number of thiazole rings is 1. The van der Waals surface area contributed by atoms with Gasteiger partial charge in [0, 0.05) is 30.6 Å². The summed E-state index contributed by atoms with van der Waals surface area (Å²) in [6.45, 7) is 3.41. The second-order valence-corrected chi connectivity index (χ2v) is 5.73. The molecule has 1 saturated carbocycles. The summed E-state index contributed by atoms with van der Waals surface area (Å²) in [6, 6.07) is 0.766. The zero-order valence-electron chi connectivity index (χ0n) is 10.1. The van der Waals surface area contributed by atoms with E-state index in [0.717, 1.165) is 24.9 Å². The Labute approximate surface area is 102 Å². The second kappa shape index (κ2) is 6.36. The Kier molecular flexibility index (Phi) is 4.79. The molecule has 1 aliphatic carbocycles. The molecule has 1 aromatic rings. The third-order valence-corrected chi connectivity index (χ3v) is 4.52. The summed E-state index contributed by atoms with van der Waals surface area (Å²) in [7, 11) is 0. The van der Waals surface area contributed by atoms with Crippen LogP contribution in [0.3, 0.4) is 0 Å². The Balaban J connectivity index is 1.60. The first kappa shape index (κ1) is 12.1. The van der Waals surface area contributed by atoms with Crippen molar-refractivity contribution >= 4 is 11.3 Å². The van der Waals surface area contributed by atoms with Crippen molar-refractivity contribution in [1.82, 2.24) is 10.3 Å². The number of aromatic nitrogens is 1. The fraction of sp³-hybridized carbons (Fsp3) is 0.769.